The van der Waals surface area contributed by atoms with E-state index < -0.39 is 42.0 Å². The third-order valence-electron chi connectivity index (χ3n) is 4.80. The van der Waals surface area contributed by atoms with E-state index in [9.17, 15) is 24.3 Å². The highest BCUT2D eigenvalue weighted by Crippen LogP contribution is 2.18. The van der Waals surface area contributed by atoms with Crippen LogP contribution in [0.5, 0.6) is 0 Å². The minimum atomic E-state index is -1.20. The highest BCUT2D eigenvalue weighted by Gasteiger charge is 2.30. The fourth-order valence-corrected chi connectivity index (χ4v) is 3.10. The highest BCUT2D eigenvalue weighted by atomic mass is 16.6. The van der Waals surface area contributed by atoms with Crippen molar-refractivity contribution in [3.63, 3.8) is 0 Å². The van der Waals surface area contributed by atoms with Gasteiger partial charge in [-0.05, 0) is 42.0 Å². The van der Waals surface area contributed by atoms with E-state index in [0.29, 0.717) is 23.2 Å². The maximum Gasteiger partial charge on any atom is 0.405 e. The van der Waals surface area contributed by atoms with Crippen LogP contribution < -0.4 is 27.4 Å². The second-order valence-electron chi connectivity index (χ2n) is 7.92. The molecule has 12 nitrogen and oxygen atoms in total. The molecule has 0 radical (unpaired) electrons. The van der Waals surface area contributed by atoms with Gasteiger partial charge in [0.2, 0.25) is 5.91 Å². The molecule has 192 valence electrons. The first-order chi connectivity index (χ1) is 16.6. The summed E-state index contributed by atoms with van der Waals surface area (Å²) in [4.78, 5) is 47.9. The summed E-state index contributed by atoms with van der Waals surface area (Å²) in [5.41, 5.74) is 11.7. The molecule has 0 saturated heterocycles. The Morgan fingerprint density at radius 3 is 2.43 bits per heavy atom. The second-order valence-corrected chi connectivity index (χ2v) is 7.92. The fourth-order valence-electron chi connectivity index (χ4n) is 3.10. The number of ether oxygens (including phenoxy) is 2. The van der Waals surface area contributed by atoms with E-state index in [-0.39, 0.29) is 32.8 Å². The lowest BCUT2D eigenvalue weighted by Crippen LogP contribution is -2.50. The van der Waals surface area contributed by atoms with Gasteiger partial charge in [0.15, 0.2) is 6.10 Å². The second kappa shape index (κ2) is 15.2. The number of anilines is 1. The van der Waals surface area contributed by atoms with Crippen LogP contribution in [-0.4, -0.2) is 54.3 Å². The van der Waals surface area contributed by atoms with Crippen LogP contribution in [0.3, 0.4) is 0 Å². The highest BCUT2D eigenvalue weighted by molar-refractivity contribution is 5.98. The van der Waals surface area contributed by atoms with E-state index in [0.717, 1.165) is 0 Å². The van der Waals surface area contributed by atoms with Gasteiger partial charge in [-0.15, -0.1) is 6.42 Å². The lowest BCUT2D eigenvalue weighted by atomic mass is 10.0. The number of primary amides is 2. The summed E-state index contributed by atoms with van der Waals surface area (Å²) >= 11 is 0. The molecule has 0 aliphatic rings. The predicted octanol–water partition coefficient (Wildman–Crippen LogP) is 0.320. The molecule has 0 aromatic heterocycles. The van der Waals surface area contributed by atoms with Crippen LogP contribution >= 0.6 is 0 Å². The van der Waals surface area contributed by atoms with Crippen molar-refractivity contribution in [3.05, 3.63) is 29.3 Å². The van der Waals surface area contributed by atoms with Crippen molar-refractivity contribution in [2.24, 2.45) is 17.4 Å². The average Bonchev–Trinajstić information content (AvgIpc) is 2.79. The Kier molecular flexibility index (Phi) is 12.6. The summed E-state index contributed by atoms with van der Waals surface area (Å²) < 4.78 is 10.2. The van der Waals surface area contributed by atoms with Gasteiger partial charge in [-0.3, -0.25) is 9.59 Å². The quantitative estimate of drug-likeness (QED) is 0.159. The predicted molar refractivity (Wildman–Crippen MR) is 128 cm³/mol. The van der Waals surface area contributed by atoms with Gasteiger partial charge in [0, 0.05) is 12.2 Å². The van der Waals surface area contributed by atoms with Gasteiger partial charge in [-0.25, -0.2) is 9.59 Å². The number of rotatable bonds is 14. The number of aliphatic hydroxyl groups is 1. The van der Waals surface area contributed by atoms with Crippen LogP contribution in [0.4, 0.5) is 15.3 Å². The number of hydrogen-bond donors (Lipinski definition) is 6. The summed E-state index contributed by atoms with van der Waals surface area (Å²) in [6.07, 6.45) is 3.33. The van der Waals surface area contributed by atoms with Crippen molar-refractivity contribution in [1.82, 2.24) is 10.6 Å². The summed E-state index contributed by atoms with van der Waals surface area (Å²) in [7, 11) is 0. The molecule has 0 bridgehead atoms. The molecule has 0 aliphatic carbocycles. The van der Waals surface area contributed by atoms with E-state index in [1.54, 1.807) is 32.0 Å². The van der Waals surface area contributed by atoms with Crippen molar-refractivity contribution < 1.29 is 33.8 Å². The molecule has 1 aromatic rings. The molecule has 12 heteroatoms. The van der Waals surface area contributed by atoms with Gasteiger partial charge in [-0.2, -0.15) is 0 Å². The number of amides is 5. The van der Waals surface area contributed by atoms with Crippen LogP contribution in [0, 0.1) is 18.3 Å². The van der Waals surface area contributed by atoms with Gasteiger partial charge in [0.25, 0.3) is 5.91 Å². The van der Waals surface area contributed by atoms with E-state index >= 15 is 0 Å². The van der Waals surface area contributed by atoms with Crippen LogP contribution in [0.1, 0.15) is 37.8 Å². The molecule has 2 atom stereocenters. The third kappa shape index (κ3) is 10.8. The number of nitrogens with one attached hydrogen (secondary N) is 3. The Bertz CT molecular complexity index is 929. The van der Waals surface area contributed by atoms with Crippen LogP contribution in [0.25, 0.3) is 0 Å². The lowest BCUT2D eigenvalue weighted by Gasteiger charge is -2.24. The van der Waals surface area contributed by atoms with Crippen molar-refractivity contribution in [2.75, 3.05) is 18.5 Å². The number of urea groups is 1. The molecule has 35 heavy (non-hydrogen) atoms. The van der Waals surface area contributed by atoms with Gasteiger partial charge in [-0.1, -0.05) is 25.8 Å². The Balaban J connectivity index is 3.02. The van der Waals surface area contributed by atoms with E-state index in [4.69, 9.17) is 27.4 Å². The number of aliphatic hydroxyl groups excluding tert-OH is 1. The van der Waals surface area contributed by atoms with Crippen LogP contribution in [0.15, 0.2) is 18.2 Å². The van der Waals surface area contributed by atoms with Gasteiger partial charge in [0.1, 0.15) is 12.6 Å². The number of carbonyl (C=O) groups excluding carboxylic acids is 4. The molecule has 0 spiro atoms. The number of terminal acetylenes is 1. The molecule has 0 heterocycles. The molecule has 1 aromatic carbocycles. The first-order valence-corrected chi connectivity index (χ1v) is 10.9. The first kappa shape index (κ1) is 29.2. The standard InChI is InChI=1S/C23H33N5O7/c1-4-10-34-13-16-11-17(8-7-15(16)12-29)27-20(30)18(6-5-9-26-22(24)32)28-21(31)19(14(2)3)35-23(25)33/h1,7-8,11,14,18-19,29H,5-6,9-10,12-13H2,2-3H3,(H2,25,33)(H,27,30)(H,28,31)(H3,24,26,32)/t18-,19-/m0/s1. The number of hydrogen-bond acceptors (Lipinski definition) is 7. The summed E-state index contributed by atoms with van der Waals surface area (Å²) in [5, 5.41) is 17.2. The van der Waals surface area contributed by atoms with Gasteiger partial charge >= 0.3 is 12.1 Å². The largest absolute Gasteiger partial charge is 0.436 e. The SMILES string of the molecule is C#CCOCc1cc(NC(=O)[C@H](CCCNC(N)=O)NC(=O)[C@@H](OC(N)=O)C(C)C)ccc1CO. The van der Waals surface area contributed by atoms with E-state index in [1.807, 2.05) is 0 Å². The maximum atomic E-state index is 13.0. The van der Waals surface area contributed by atoms with Crippen molar-refractivity contribution in [3.8, 4) is 12.3 Å². The molecule has 0 aliphatic heterocycles. The Morgan fingerprint density at radius 2 is 1.86 bits per heavy atom. The number of carbonyl (C=O) groups is 4. The minimum absolute atomic E-state index is 0.0826. The van der Waals surface area contributed by atoms with Crippen molar-refractivity contribution in [2.45, 2.75) is 52.0 Å². The summed E-state index contributed by atoms with van der Waals surface area (Å²) in [6.45, 7) is 3.48. The molecule has 8 N–H and O–H groups in total. The zero-order chi connectivity index (χ0) is 26.4. The smallest absolute Gasteiger partial charge is 0.405 e. The Morgan fingerprint density at radius 1 is 1.14 bits per heavy atom. The van der Waals surface area contributed by atoms with Crippen LogP contribution in [-0.2, 0) is 32.3 Å². The first-order valence-electron chi connectivity index (χ1n) is 10.9. The fraction of sp³-hybridized carbons (Fsp3) is 0.478. The molecule has 1 rings (SSSR count). The van der Waals surface area contributed by atoms with Crippen LogP contribution in [0.2, 0.25) is 0 Å². The van der Waals surface area contributed by atoms with E-state index in [1.165, 1.54) is 0 Å². The van der Waals surface area contributed by atoms with E-state index in [2.05, 4.69) is 21.9 Å². The molecule has 5 amide bonds. The van der Waals surface area contributed by atoms with Crippen molar-refractivity contribution in [1.29, 1.82) is 0 Å². The molecular weight excluding hydrogens is 458 g/mol. The van der Waals surface area contributed by atoms with Crippen molar-refractivity contribution >= 4 is 29.6 Å². The molecule has 0 saturated carbocycles. The van der Waals surface area contributed by atoms with Gasteiger partial charge in [0.05, 0.1) is 13.2 Å². The molecule has 0 unspecified atom stereocenters. The molecular formula is C23H33N5O7. The molecule has 0 fully saturated rings. The monoisotopic (exact) mass is 491 g/mol. The zero-order valence-electron chi connectivity index (χ0n) is 19.8. The summed E-state index contributed by atoms with van der Waals surface area (Å²) in [5.74, 6) is 0.701. The Hall–Kier alpha value is -3.82. The lowest BCUT2D eigenvalue weighted by molar-refractivity contribution is -0.134. The topological polar surface area (TPSA) is 195 Å². The average molecular weight is 492 g/mol. The minimum Gasteiger partial charge on any atom is -0.436 e. The Labute approximate surface area is 204 Å². The number of nitrogens with two attached hydrogens (primary N) is 2. The summed E-state index contributed by atoms with van der Waals surface area (Å²) in [6, 6.07) is 3.10. The maximum absolute atomic E-state index is 13.0. The zero-order valence-corrected chi connectivity index (χ0v) is 19.8. The normalized spacial score (nSPS) is 12.2. The third-order valence-corrected chi connectivity index (χ3v) is 4.80. The van der Waals surface area contributed by atoms with Gasteiger partial charge < -0.3 is 42.0 Å². The number of benzene rings is 1.